The topological polar surface area (TPSA) is 121 Å². The zero-order chi connectivity index (χ0) is 28.4. The van der Waals surface area contributed by atoms with Crippen LogP contribution in [-0.4, -0.2) is 55.0 Å². The van der Waals surface area contributed by atoms with E-state index < -0.39 is 56.6 Å². The Balaban J connectivity index is 1.62. The number of hydrogen-bond acceptors (Lipinski definition) is 5. The molecular formula is C23H21F6N3O5S. The third-order valence-electron chi connectivity index (χ3n) is 6.65. The van der Waals surface area contributed by atoms with Gasteiger partial charge in [-0.3, -0.25) is 9.69 Å². The van der Waals surface area contributed by atoms with E-state index in [1.54, 1.807) is 0 Å². The van der Waals surface area contributed by atoms with Crippen molar-refractivity contribution in [1.82, 2.24) is 4.90 Å². The first-order valence-corrected chi connectivity index (χ1v) is 12.6. The molecule has 1 fully saturated rings. The first-order valence-electron chi connectivity index (χ1n) is 11.1. The Hall–Kier alpha value is -3.33. The summed E-state index contributed by atoms with van der Waals surface area (Å²) in [5.41, 5.74) is -0.636. The molecule has 0 radical (unpaired) electrons. The van der Waals surface area contributed by atoms with Crippen molar-refractivity contribution >= 4 is 27.5 Å². The van der Waals surface area contributed by atoms with E-state index in [1.807, 2.05) is 0 Å². The molecule has 2 aromatic rings. The highest BCUT2D eigenvalue weighted by molar-refractivity contribution is 7.92. The van der Waals surface area contributed by atoms with E-state index in [2.05, 4.69) is 0 Å². The van der Waals surface area contributed by atoms with Gasteiger partial charge in [0.05, 0.1) is 10.1 Å². The second-order valence-electron chi connectivity index (χ2n) is 9.13. The number of urea groups is 1. The van der Waals surface area contributed by atoms with Gasteiger partial charge in [0.2, 0.25) is 5.91 Å². The number of hydrogen-bond donors (Lipinski definition) is 2. The van der Waals surface area contributed by atoms with Gasteiger partial charge in [0.25, 0.3) is 5.60 Å². The third kappa shape index (κ3) is 4.36. The summed E-state index contributed by atoms with van der Waals surface area (Å²) in [6.45, 7) is -0.222. The van der Waals surface area contributed by atoms with Gasteiger partial charge in [-0.1, -0.05) is 18.2 Å². The number of fused-ring (bicyclic) bond motifs is 1. The molecule has 38 heavy (non-hydrogen) atoms. The van der Waals surface area contributed by atoms with Crippen LogP contribution in [0.15, 0.2) is 47.4 Å². The molecule has 4 rings (SSSR count). The van der Waals surface area contributed by atoms with Gasteiger partial charge in [-0.2, -0.15) is 26.3 Å². The fourth-order valence-corrected chi connectivity index (χ4v) is 6.08. The first-order chi connectivity index (χ1) is 17.4. The summed E-state index contributed by atoms with van der Waals surface area (Å²) in [5.74, 6) is -0.931. The Morgan fingerprint density at radius 2 is 1.55 bits per heavy atom. The van der Waals surface area contributed by atoms with Gasteiger partial charge in [-0.05, 0) is 48.2 Å². The zero-order valence-electron chi connectivity index (χ0n) is 19.5. The molecule has 0 saturated heterocycles. The van der Waals surface area contributed by atoms with Crippen LogP contribution in [0.4, 0.5) is 36.8 Å². The number of benzene rings is 2. The van der Waals surface area contributed by atoms with Crippen molar-refractivity contribution in [2.45, 2.75) is 53.5 Å². The largest absolute Gasteiger partial charge is 0.430 e. The molecule has 1 heterocycles. The monoisotopic (exact) mass is 565 g/mol. The minimum atomic E-state index is -6.07. The molecule has 8 nitrogen and oxygen atoms in total. The van der Waals surface area contributed by atoms with Crippen LogP contribution in [-0.2, 0) is 26.8 Å². The molecule has 0 spiro atoms. The van der Waals surface area contributed by atoms with Crippen molar-refractivity contribution in [1.29, 1.82) is 0 Å². The normalized spacial score (nSPS) is 18.3. The Bertz CT molecular complexity index is 1370. The second-order valence-corrected chi connectivity index (χ2v) is 11.4. The summed E-state index contributed by atoms with van der Waals surface area (Å²) in [5, 5.41) is 9.06. The van der Waals surface area contributed by atoms with Gasteiger partial charge in [0.15, 0.2) is 9.84 Å². The van der Waals surface area contributed by atoms with E-state index >= 15 is 0 Å². The summed E-state index contributed by atoms with van der Waals surface area (Å²) in [6.07, 6.45) is -11.1. The number of primary amides is 1. The number of amides is 3. The van der Waals surface area contributed by atoms with Crippen molar-refractivity contribution < 1.29 is 49.5 Å². The van der Waals surface area contributed by atoms with Crippen molar-refractivity contribution in [3.05, 3.63) is 59.2 Å². The zero-order valence-corrected chi connectivity index (χ0v) is 20.4. The Labute approximate surface area is 212 Å². The lowest BCUT2D eigenvalue weighted by Crippen LogP contribution is -2.53. The van der Waals surface area contributed by atoms with Crippen LogP contribution in [0.3, 0.4) is 0 Å². The number of sulfone groups is 1. The van der Waals surface area contributed by atoms with Crippen LogP contribution in [0.5, 0.6) is 0 Å². The summed E-state index contributed by atoms with van der Waals surface area (Å²) in [4.78, 5) is 27.4. The van der Waals surface area contributed by atoms with Gasteiger partial charge in [0.1, 0.15) is 6.04 Å². The molecule has 0 aromatic heterocycles. The number of nitrogens with two attached hydrogens (primary N) is 1. The number of halogens is 6. The average Bonchev–Trinajstić information content (AvgIpc) is 3.61. The summed E-state index contributed by atoms with van der Waals surface area (Å²) < 4.78 is 104. The molecular weight excluding hydrogens is 544 g/mol. The lowest BCUT2D eigenvalue weighted by atomic mass is 9.92. The van der Waals surface area contributed by atoms with Crippen molar-refractivity contribution in [2.75, 3.05) is 11.9 Å². The lowest BCUT2D eigenvalue weighted by Gasteiger charge is -2.33. The van der Waals surface area contributed by atoms with Gasteiger partial charge in [-0.25, -0.2) is 13.2 Å². The molecule has 2 aromatic carbocycles. The van der Waals surface area contributed by atoms with Gasteiger partial charge >= 0.3 is 18.4 Å². The predicted molar refractivity (Wildman–Crippen MR) is 120 cm³/mol. The van der Waals surface area contributed by atoms with Crippen LogP contribution in [0.1, 0.15) is 35.6 Å². The minimum absolute atomic E-state index is 0.0297. The van der Waals surface area contributed by atoms with E-state index in [0.29, 0.717) is 36.1 Å². The second kappa shape index (κ2) is 8.86. The highest BCUT2D eigenvalue weighted by Crippen LogP contribution is 2.50. The molecule has 15 heteroatoms. The van der Waals surface area contributed by atoms with Crippen LogP contribution in [0, 0.1) is 0 Å². The van der Waals surface area contributed by atoms with Crippen LogP contribution >= 0.6 is 0 Å². The molecule has 3 amide bonds. The number of nitrogens with zero attached hydrogens (tertiary/aromatic N) is 2. The Kier molecular flexibility index (Phi) is 6.46. The standard InChI is InChI=1S/C23H21F6N3O5S/c1-31(14-4-2-13(3-5-14)21(35,22(24,25)26)23(27,28)29)20(34)32-11-12-10-16(38(36,37)15-6-7-15)8-9-17(12)18(32)19(30)33/h2-5,8-10,15,18,35H,6-7,11H2,1H3,(H2,30,33). The van der Waals surface area contributed by atoms with E-state index in [4.69, 9.17) is 5.73 Å². The van der Waals surface area contributed by atoms with E-state index in [0.717, 1.165) is 21.9 Å². The lowest BCUT2D eigenvalue weighted by molar-refractivity contribution is -0.376. The maximum absolute atomic E-state index is 13.2. The third-order valence-corrected chi connectivity index (χ3v) is 8.91. The van der Waals surface area contributed by atoms with Gasteiger partial charge in [0, 0.05) is 24.8 Å². The van der Waals surface area contributed by atoms with E-state index in [9.17, 15) is 49.5 Å². The molecule has 1 atom stereocenters. The maximum Gasteiger partial charge on any atom is 0.430 e. The van der Waals surface area contributed by atoms with E-state index in [1.165, 1.54) is 25.2 Å². The first kappa shape index (κ1) is 27.7. The number of alkyl halides is 6. The number of carbonyl (C=O) groups excluding carboxylic acids is 2. The summed E-state index contributed by atoms with van der Waals surface area (Å²) in [6, 6.07) is 4.22. The van der Waals surface area contributed by atoms with Crippen molar-refractivity contribution in [3.63, 3.8) is 0 Å². The molecule has 206 valence electrons. The smallest absolute Gasteiger partial charge is 0.369 e. The van der Waals surface area contributed by atoms with Gasteiger partial charge in [-0.15, -0.1) is 0 Å². The van der Waals surface area contributed by atoms with Crippen LogP contribution in [0.2, 0.25) is 0 Å². The van der Waals surface area contributed by atoms with Gasteiger partial charge < -0.3 is 15.7 Å². The van der Waals surface area contributed by atoms with Crippen LogP contribution in [0.25, 0.3) is 0 Å². The highest BCUT2D eigenvalue weighted by atomic mass is 32.2. The molecule has 1 aliphatic carbocycles. The fourth-order valence-electron chi connectivity index (χ4n) is 4.38. The summed E-state index contributed by atoms with van der Waals surface area (Å²) >= 11 is 0. The van der Waals surface area contributed by atoms with E-state index in [-0.39, 0.29) is 17.1 Å². The minimum Gasteiger partial charge on any atom is -0.369 e. The molecule has 0 bridgehead atoms. The SMILES string of the molecule is CN(C(=O)N1Cc2cc(S(=O)(=O)C3CC3)ccc2C1C(N)=O)c1ccc(C(O)(C(F)(F)F)C(F)(F)F)cc1. The Morgan fingerprint density at radius 1 is 1.00 bits per heavy atom. The molecule has 1 unspecified atom stereocenters. The number of aliphatic hydroxyl groups is 1. The maximum atomic E-state index is 13.2. The molecule has 3 N–H and O–H groups in total. The number of carbonyl (C=O) groups is 2. The number of anilines is 1. The average molecular weight is 565 g/mol. The fraction of sp³-hybridized carbons (Fsp3) is 0.391. The number of rotatable bonds is 5. The van der Waals surface area contributed by atoms with Crippen LogP contribution < -0.4 is 10.6 Å². The van der Waals surface area contributed by atoms with Crippen molar-refractivity contribution in [2.24, 2.45) is 5.73 Å². The quantitative estimate of drug-likeness (QED) is 0.538. The van der Waals surface area contributed by atoms with Crippen molar-refractivity contribution in [3.8, 4) is 0 Å². The molecule has 2 aliphatic rings. The highest BCUT2D eigenvalue weighted by Gasteiger charge is 2.71. The summed E-state index contributed by atoms with van der Waals surface area (Å²) in [7, 11) is -2.40. The Morgan fingerprint density at radius 3 is 2.03 bits per heavy atom. The molecule has 1 saturated carbocycles. The molecule has 1 aliphatic heterocycles. The predicted octanol–water partition coefficient (Wildman–Crippen LogP) is 3.53.